The summed E-state index contributed by atoms with van der Waals surface area (Å²) in [4.78, 5) is 43.2. The SMILES string of the molecule is CCCCN1C(=O)[C@@H]2C(C(=O)Nc3ccc(C(C)C)cc3)[C@@H]3C=CC2(O3)C1C(=O)NC1CCCC(C)C1C. The fourth-order valence-corrected chi connectivity index (χ4v) is 7.06. The molecular weight excluding hydrogens is 478 g/mol. The van der Waals surface area contributed by atoms with Crippen molar-refractivity contribution in [1.29, 1.82) is 0 Å². The number of rotatable bonds is 8. The molecule has 3 fully saturated rings. The van der Waals surface area contributed by atoms with Crippen molar-refractivity contribution < 1.29 is 19.1 Å². The standard InChI is InChI=1S/C31H43N3O4/c1-6-7-17-34-27(29(36)33-23-10-8-9-19(4)20(23)5)31-16-15-24(38-31)25(26(31)30(34)37)28(35)32-22-13-11-21(12-14-22)18(2)3/h11-16,18-20,23-27H,6-10,17H2,1-5H3,(H,32,35)(H,33,36)/t19?,20?,23?,24-,25?,26-,27?,31?/m0/s1. The molecule has 206 valence electrons. The number of carbonyl (C=O) groups excluding carboxylic acids is 3. The Morgan fingerprint density at radius 3 is 2.55 bits per heavy atom. The zero-order valence-electron chi connectivity index (χ0n) is 23.4. The van der Waals surface area contributed by atoms with Crippen LogP contribution in [-0.2, 0) is 19.1 Å². The summed E-state index contributed by atoms with van der Waals surface area (Å²) in [6, 6.07) is 7.15. The highest BCUT2D eigenvalue weighted by Gasteiger charge is 2.72. The van der Waals surface area contributed by atoms with Gasteiger partial charge in [0, 0.05) is 18.3 Å². The maximum absolute atomic E-state index is 13.9. The number of amides is 3. The minimum atomic E-state index is -1.10. The summed E-state index contributed by atoms with van der Waals surface area (Å²) in [6.45, 7) is 11.3. The second-order valence-electron chi connectivity index (χ2n) is 12.2. The summed E-state index contributed by atoms with van der Waals surface area (Å²) < 4.78 is 6.46. The first-order valence-corrected chi connectivity index (χ1v) is 14.6. The van der Waals surface area contributed by atoms with Gasteiger partial charge >= 0.3 is 0 Å². The molecule has 2 N–H and O–H groups in total. The van der Waals surface area contributed by atoms with Gasteiger partial charge in [0.1, 0.15) is 11.6 Å². The molecule has 3 aliphatic heterocycles. The molecule has 1 aliphatic carbocycles. The second kappa shape index (κ2) is 10.5. The molecule has 8 atom stereocenters. The Hall–Kier alpha value is -2.67. The van der Waals surface area contributed by atoms with Crippen LogP contribution in [0, 0.1) is 23.7 Å². The maximum Gasteiger partial charge on any atom is 0.246 e. The van der Waals surface area contributed by atoms with E-state index < -0.39 is 29.6 Å². The second-order valence-corrected chi connectivity index (χ2v) is 12.2. The van der Waals surface area contributed by atoms with Crippen molar-refractivity contribution in [3.05, 3.63) is 42.0 Å². The van der Waals surface area contributed by atoms with E-state index in [1.807, 2.05) is 36.4 Å². The number of hydrogen-bond acceptors (Lipinski definition) is 4. The molecule has 2 bridgehead atoms. The first-order chi connectivity index (χ1) is 18.2. The molecule has 5 rings (SSSR count). The fraction of sp³-hybridized carbons (Fsp3) is 0.645. The van der Waals surface area contributed by atoms with Crippen LogP contribution in [0.15, 0.2) is 36.4 Å². The highest BCUT2D eigenvalue weighted by Crippen LogP contribution is 2.55. The molecule has 1 spiro atoms. The lowest BCUT2D eigenvalue weighted by molar-refractivity contribution is -0.141. The predicted octanol–water partition coefficient (Wildman–Crippen LogP) is 4.64. The average Bonchev–Trinajstić information content (AvgIpc) is 3.53. The Bertz CT molecular complexity index is 1100. The average molecular weight is 522 g/mol. The van der Waals surface area contributed by atoms with Crippen molar-refractivity contribution in [3.63, 3.8) is 0 Å². The summed E-state index contributed by atoms with van der Waals surface area (Å²) in [7, 11) is 0. The van der Waals surface area contributed by atoms with Crippen molar-refractivity contribution in [2.45, 2.75) is 96.4 Å². The molecule has 4 aliphatic rings. The van der Waals surface area contributed by atoms with Crippen molar-refractivity contribution >= 4 is 23.4 Å². The van der Waals surface area contributed by atoms with Crippen LogP contribution in [0.25, 0.3) is 0 Å². The molecular formula is C31H43N3O4. The van der Waals surface area contributed by atoms with Gasteiger partial charge in [-0.25, -0.2) is 0 Å². The van der Waals surface area contributed by atoms with Crippen LogP contribution in [0.5, 0.6) is 0 Å². The monoisotopic (exact) mass is 521 g/mol. The smallest absolute Gasteiger partial charge is 0.246 e. The van der Waals surface area contributed by atoms with E-state index in [0.717, 1.165) is 25.7 Å². The number of hydrogen-bond donors (Lipinski definition) is 2. The number of carbonyl (C=O) groups is 3. The van der Waals surface area contributed by atoms with Crippen molar-refractivity contribution in [1.82, 2.24) is 10.2 Å². The van der Waals surface area contributed by atoms with Crippen molar-refractivity contribution in [3.8, 4) is 0 Å². The van der Waals surface area contributed by atoms with Gasteiger partial charge in [0.05, 0.1) is 17.9 Å². The van der Waals surface area contributed by atoms with E-state index >= 15 is 0 Å². The van der Waals surface area contributed by atoms with Crippen LogP contribution in [0.3, 0.4) is 0 Å². The molecule has 3 amide bonds. The summed E-state index contributed by atoms with van der Waals surface area (Å²) in [5.74, 6) is -0.596. The topological polar surface area (TPSA) is 87.7 Å². The molecule has 38 heavy (non-hydrogen) atoms. The van der Waals surface area contributed by atoms with E-state index in [1.165, 1.54) is 12.0 Å². The molecule has 1 aromatic rings. The molecule has 6 unspecified atom stereocenters. The van der Waals surface area contributed by atoms with Gasteiger partial charge in [0.15, 0.2) is 0 Å². The van der Waals surface area contributed by atoms with Crippen molar-refractivity contribution in [2.24, 2.45) is 23.7 Å². The number of fused-ring (bicyclic) bond motifs is 1. The van der Waals surface area contributed by atoms with Gasteiger partial charge in [-0.2, -0.15) is 0 Å². The number of ether oxygens (including phenoxy) is 1. The Labute approximate surface area is 226 Å². The lowest BCUT2D eigenvalue weighted by Crippen LogP contribution is -2.58. The lowest BCUT2D eigenvalue weighted by atomic mass is 9.73. The van der Waals surface area contributed by atoms with Gasteiger partial charge < -0.3 is 20.3 Å². The van der Waals surface area contributed by atoms with Crippen LogP contribution >= 0.6 is 0 Å². The van der Waals surface area contributed by atoms with Crippen LogP contribution in [0.4, 0.5) is 5.69 Å². The number of likely N-dealkylation sites (tertiary alicyclic amines) is 1. The third-order valence-electron chi connectivity index (χ3n) is 9.56. The minimum Gasteiger partial charge on any atom is -0.359 e. The predicted molar refractivity (Wildman–Crippen MR) is 147 cm³/mol. The first kappa shape index (κ1) is 26.9. The van der Waals surface area contributed by atoms with Crippen molar-refractivity contribution in [2.75, 3.05) is 11.9 Å². The molecule has 0 radical (unpaired) electrons. The third-order valence-corrected chi connectivity index (χ3v) is 9.56. The number of unbranched alkanes of at least 4 members (excludes halogenated alkanes) is 1. The van der Waals surface area contributed by atoms with Crippen LogP contribution in [0.1, 0.15) is 78.2 Å². The molecule has 1 saturated carbocycles. The van der Waals surface area contributed by atoms with Gasteiger partial charge in [-0.05, 0) is 48.3 Å². The summed E-state index contributed by atoms with van der Waals surface area (Å²) >= 11 is 0. The van der Waals surface area contributed by atoms with Gasteiger partial charge in [-0.1, -0.05) is 78.2 Å². The highest BCUT2D eigenvalue weighted by atomic mass is 16.5. The Morgan fingerprint density at radius 2 is 1.87 bits per heavy atom. The first-order valence-electron chi connectivity index (χ1n) is 14.6. The number of benzene rings is 1. The number of nitrogens with one attached hydrogen (secondary N) is 2. The number of nitrogens with zero attached hydrogens (tertiary/aromatic N) is 1. The Kier molecular flexibility index (Phi) is 7.42. The molecule has 1 aromatic carbocycles. The summed E-state index contributed by atoms with van der Waals surface area (Å²) in [5, 5.41) is 6.33. The highest BCUT2D eigenvalue weighted by molar-refractivity contribution is 6.02. The third kappa shape index (κ3) is 4.47. The van der Waals surface area contributed by atoms with Gasteiger partial charge in [0.2, 0.25) is 17.7 Å². The van der Waals surface area contributed by atoms with Crippen LogP contribution in [-0.4, -0.2) is 53.0 Å². The van der Waals surface area contributed by atoms with Gasteiger partial charge in [-0.3, -0.25) is 14.4 Å². The van der Waals surface area contributed by atoms with E-state index in [4.69, 9.17) is 4.74 Å². The summed E-state index contributed by atoms with van der Waals surface area (Å²) in [6.07, 6.45) is 8.17. The lowest BCUT2D eigenvalue weighted by Gasteiger charge is -2.38. The normalized spacial score (nSPS) is 35.6. The van der Waals surface area contributed by atoms with E-state index in [9.17, 15) is 14.4 Å². The van der Waals surface area contributed by atoms with E-state index in [2.05, 4.69) is 45.3 Å². The van der Waals surface area contributed by atoms with Crippen LogP contribution < -0.4 is 10.6 Å². The van der Waals surface area contributed by atoms with E-state index in [1.54, 1.807) is 4.90 Å². The van der Waals surface area contributed by atoms with E-state index in [0.29, 0.717) is 30.0 Å². The zero-order valence-corrected chi connectivity index (χ0v) is 23.4. The number of anilines is 1. The molecule has 2 saturated heterocycles. The Balaban J connectivity index is 1.40. The Morgan fingerprint density at radius 1 is 1.13 bits per heavy atom. The molecule has 7 heteroatoms. The van der Waals surface area contributed by atoms with E-state index in [-0.39, 0.29) is 23.8 Å². The quantitative estimate of drug-likeness (QED) is 0.488. The fourth-order valence-electron chi connectivity index (χ4n) is 7.06. The molecule has 7 nitrogen and oxygen atoms in total. The zero-order chi connectivity index (χ0) is 27.2. The van der Waals surface area contributed by atoms with Gasteiger partial charge in [0.25, 0.3) is 0 Å². The molecule has 3 heterocycles. The van der Waals surface area contributed by atoms with Gasteiger partial charge in [-0.15, -0.1) is 0 Å². The largest absolute Gasteiger partial charge is 0.359 e. The van der Waals surface area contributed by atoms with Crippen LogP contribution in [0.2, 0.25) is 0 Å². The minimum absolute atomic E-state index is 0.0836. The summed E-state index contributed by atoms with van der Waals surface area (Å²) in [5.41, 5.74) is 0.788. The maximum atomic E-state index is 13.9. The molecule has 0 aromatic heterocycles.